The average molecular weight is 439 g/mol. The fraction of sp³-hybridized carbons (Fsp3) is 0.211. The maximum absolute atomic E-state index is 12.4. The first kappa shape index (κ1) is 18.9. The zero-order chi connectivity index (χ0) is 18.7. The lowest BCUT2D eigenvalue weighted by atomic mass is 10.1. The number of aromatic nitrogens is 2. The third-order valence-electron chi connectivity index (χ3n) is 3.53. The van der Waals surface area contributed by atoms with E-state index in [9.17, 15) is 8.78 Å². The number of halogens is 3. The molecule has 0 aliphatic heterocycles. The van der Waals surface area contributed by atoms with E-state index in [0.29, 0.717) is 5.25 Å². The minimum Gasteiger partial charge on any atom is -0.435 e. The average Bonchev–Trinajstić information content (AvgIpc) is 2.98. The summed E-state index contributed by atoms with van der Waals surface area (Å²) in [4.78, 5) is 4.57. The molecule has 0 radical (unpaired) electrons. The maximum Gasteiger partial charge on any atom is 0.387 e. The number of thioether (sulfide) groups is 1. The smallest absolute Gasteiger partial charge is 0.387 e. The Kier molecular flexibility index (Phi) is 5.98. The van der Waals surface area contributed by atoms with Gasteiger partial charge in [-0.1, -0.05) is 53.7 Å². The van der Waals surface area contributed by atoms with Gasteiger partial charge in [-0.3, -0.25) is 4.57 Å². The van der Waals surface area contributed by atoms with Crippen molar-refractivity contribution in [3.05, 3.63) is 59.2 Å². The van der Waals surface area contributed by atoms with Gasteiger partial charge in [-0.25, -0.2) is 4.98 Å². The second-order valence-corrected chi connectivity index (χ2v) is 8.27. The predicted molar refractivity (Wildman–Crippen MR) is 104 cm³/mol. The first-order valence-corrected chi connectivity index (χ1v) is 9.67. The number of hydrogen-bond acceptors (Lipinski definition) is 3. The van der Waals surface area contributed by atoms with Gasteiger partial charge in [0.25, 0.3) is 0 Å². The highest BCUT2D eigenvalue weighted by molar-refractivity contribution is 9.10. The van der Waals surface area contributed by atoms with Crippen LogP contribution in [-0.4, -0.2) is 21.4 Å². The topological polar surface area (TPSA) is 27.1 Å². The molecule has 0 unspecified atom stereocenters. The Morgan fingerprint density at radius 3 is 2.27 bits per heavy atom. The van der Waals surface area contributed by atoms with E-state index in [1.54, 1.807) is 23.9 Å². The second-order valence-electron chi connectivity index (χ2n) is 5.81. The molecule has 0 spiro atoms. The zero-order valence-electron chi connectivity index (χ0n) is 14.2. The van der Waals surface area contributed by atoms with Gasteiger partial charge in [0.15, 0.2) is 5.16 Å². The highest BCUT2D eigenvalue weighted by atomic mass is 79.9. The standard InChI is InChI=1S/C19H17BrF2N2OS/c1-12(2)26-19-23-11-17(13-3-5-14(20)6-4-13)24(19)15-7-9-16(10-8-15)25-18(21)22/h3-12,18H,1-2H3. The van der Waals surface area contributed by atoms with E-state index < -0.39 is 6.61 Å². The van der Waals surface area contributed by atoms with Crippen molar-refractivity contribution in [1.29, 1.82) is 0 Å². The van der Waals surface area contributed by atoms with Gasteiger partial charge >= 0.3 is 6.61 Å². The third-order valence-corrected chi connectivity index (χ3v) is 5.03. The number of nitrogens with zero attached hydrogens (tertiary/aromatic N) is 2. The molecule has 3 aromatic rings. The summed E-state index contributed by atoms with van der Waals surface area (Å²) < 4.78 is 32.2. The summed E-state index contributed by atoms with van der Waals surface area (Å²) in [6.07, 6.45) is 1.83. The molecule has 0 amide bonds. The number of alkyl halides is 2. The van der Waals surface area contributed by atoms with Crippen LogP contribution in [0.3, 0.4) is 0 Å². The van der Waals surface area contributed by atoms with E-state index in [-0.39, 0.29) is 5.75 Å². The van der Waals surface area contributed by atoms with Crippen LogP contribution in [0.4, 0.5) is 8.78 Å². The number of ether oxygens (including phenoxy) is 1. The van der Waals surface area contributed by atoms with Crippen molar-refractivity contribution >= 4 is 27.7 Å². The van der Waals surface area contributed by atoms with Crippen molar-refractivity contribution in [2.45, 2.75) is 30.9 Å². The number of benzene rings is 2. The summed E-state index contributed by atoms with van der Waals surface area (Å²) in [5, 5.41) is 1.20. The molecule has 0 N–H and O–H groups in total. The molecule has 136 valence electrons. The second kappa shape index (κ2) is 8.22. The van der Waals surface area contributed by atoms with Crippen molar-refractivity contribution in [3.8, 4) is 22.7 Å². The van der Waals surface area contributed by atoms with Gasteiger partial charge in [0.1, 0.15) is 5.75 Å². The Morgan fingerprint density at radius 2 is 1.69 bits per heavy atom. The fourth-order valence-electron chi connectivity index (χ4n) is 2.48. The molecule has 0 saturated heterocycles. The first-order chi connectivity index (χ1) is 12.4. The monoisotopic (exact) mass is 438 g/mol. The molecule has 0 aliphatic carbocycles. The lowest BCUT2D eigenvalue weighted by molar-refractivity contribution is -0.0498. The normalized spacial score (nSPS) is 11.3. The summed E-state index contributed by atoms with van der Waals surface area (Å²) >= 11 is 5.09. The molecule has 3 nitrogen and oxygen atoms in total. The van der Waals surface area contributed by atoms with Crippen LogP contribution in [0.2, 0.25) is 0 Å². The molecule has 0 saturated carbocycles. The molecule has 0 atom stereocenters. The summed E-state index contributed by atoms with van der Waals surface area (Å²) in [5.74, 6) is 0.132. The van der Waals surface area contributed by atoms with Crippen LogP contribution in [0, 0.1) is 0 Å². The number of hydrogen-bond donors (Lipinski definition) is 0. The van der Waals surface area contributed by atoms with E-state index in [1.165, 1.54) is 12.1 Å². The minimum atomic E-state index is -2.83. The third kappa shape index (κ3) is 4.45. The van der Waals surface area contributed by atoms with Crippen molar-refractivity contribution in [2.24, 2.45) is 0 Å². The lowest BCUT2D eigenvalue weighted by Crippen LogP contribution is -2.03. The van der Waals surface area contributed by atoms with Gasteiger partial charge in [0.05, 0.1) is 11.9 Å². The lowest BCUT2D eigenvalue weighted by Gasteiger charge is -2.14. The largest absolute Gasteiger partial charge is 0.435 e. The quantitative estimate of drug-likeness (QED) is 0.416. The van der Waals surface area contributed by atoms with Crippen LogP contribution >= 0.6 is 27.7 Å². The summed E-state index contributed by atoms with van der Waals surface area (Å²) in [7, 11) is 0. The van der Waals surface area contributed by atoms with E-state index in [1.807, 2.05) is 35.0 Å². The Hall–Kier alpha value is -1.86. The first-order valence-electron chi connectivity index (χ1n) is 7.99. The van der Waals surface area contributed by atoms with Gasteiger partial charge in [-0.05, 0) is 36.4 Å². The Morgan fingerprint density at radius 1 is 1.04 bits per heavy atom. The van der Waals surface area contributed by atoms with Crippen LogP contribution in [0.25, 0.3) is 16.9 Å². The van der Waals surface area contributed by atoms with Crippen LogP contribution in [-0.2, 0) is 0 Å². The zero-order valence-corrected chi connectivity index (χ0v) is 16.6. The molecular formula is C19H17BrF2N2OS. The van der Waals surface area contributed by atoms with Crippen molar-refractivity contribution in [3.63, 3.8) is 0 Å². The fourth-order valence-corrected chi connectivity index (χ4v) is 3.59. The van der Waals surface area contributed by atoms with E-state index in [2.05, 4.69) is 39.5 Å². The minimum absolute atomic E-state index is 0.132. The summed E-state index contributed by atoms with van der Waals surface area (Å²) in [5.41, 5.74) is 2.79. The van der Waals surface area contributed by atoms with E-state index in [0.717, 1.165) is 26.6 Å². The Balaban J connectivity index is 2.05. The van der Waals surface area contributed by atoms with Gasteiger partial charge in [-0.2, -0.15) is 8.78 Å². The highest BCUT2D eigenvalue weighted by Crippen LogP contribution is 2.32. The molecule has 26 heavy (non-hydrogen) atoms. The molecule has 0 fully saturated rings. The van der Waals surface area contributed by atoms with E-state index in [4.69, 9.17) is 0 Å². The molecule has 1 heterocycles. The van der Waals surface area contributed by atoms with Crippen LogP contribution in [0.1, 0.15) is 13.8 Å². The molecule has 7 heteroatoms. The van der Waals surface area contributed by atoms with Gasteiger partial charge in [-0.15, -0.1) is 0 Å². The summed E-state index contributed by atoms with van der Waals surface area (Å²) in [6, 6.07) is 14.6. The van der Waals surface area contributed by atoms with Gasteiger partial charge in [0, 0.05) is 21.0 Å². The van der Waals surface area contributed by atoms with Gasteiger partial charge < -0.3 is 4.74 Å². The molecule has 2 aromatic carbocycles. The van der Waals surface area contributed by atoms with Crippen LogP contribution in [0.15, 0.2) is 64.4 Å². The molecule has 0 bridgehead atoms. The SMILES string of the molecule is CC(C)Sc1ncc(-c2ccc(Br)cc2)n1-c1ccc(OC(F)F)cc1. The summed E-state index contributed by atoms with van der Waals surface area (Å²) in [6.45, 7) is 1.37. The van der Waals surface area contributed by atoms with Crippen LogP contribution in [0.5, 0.6) is 5.75 Å². The molecular weight excluding hydrogens is 422 g/mol. The van der Waals surface area contributed by atoms with E-state index >= 15 is 0 Å². The van der Waals surface area contributed by atoms with Crippen LogP contribution < -0.4 is 4.74 Å². The number of imidazole rings is 1. The molecule has 0 aliphatic rings. The van der Waals surface area contributed by atoms with Crippen molar-refractivity contribution in [1.82, 2.24) is 9.55 Å². The maximum atomic E-state index is 12.4. The van der Waals surface area contributed by atoms with Crippen molar-refractivity contribution < 1.29 is 13.5 Å². The van der Waals surface area contributed by atoms with Crippen molar-refractivity contribution in [2.75, 3.05) is 0 Å². The Labute approximate surface area is 163 Å². The van der Waals surface area contributed by atoms with Gasteiger partial charge in [0.2, 0.25) is 0 Å². The number of rotatable bonds is 6. The predicted octanol–water partition coefficient (Wildman–Crippen LogP) is 6.40. The Bertz CT molecular complexity index is 864. The molecule has 1 aromatic heterocycles. The molecule has 3 rings (SSSR count). The highest BCUT2D eigenvalue weighted by Gasteiger charge is 2.16.